The van der Waals surface area contributed by atoms with Gasteiger partial charge in [0.2, 0.25) is 5.91 Å². The van der Waals surface area contributed by atoms with Gasteiger partial charge in [-0.25, -0.2) is 5.84 Å². The Morgan fingerprint density at radius 3 is 2.75 bits per heavy atom. The zero-order chi connectivity index (χ0) is 17.4. The van der Waals surface area contributed by atoms with E-state index in [1.54, 1.807) is 7.11 Å². The molecule has 6 heteroatoms. The molecule has 1 amide bonds. The van der Waals surface area contributed by atoms with Crippen LogP contribution in [0.4, 0.5) is 0 Å². The Hall–Kier alpha value is -1.79. The molecule has 0 aliphatic carbocycles. The molecule has 24 heavy (non-hydrogen) atoms. The van der Waals surface area contributed by atoms with Gasteiger partial charge < -0.3 is 9.47 Å². The fourth-order valence-corrected chi connectivity index (χ4v) is 3.04. The standard InChI is InChI=1S/C18H29N3O3/c1-3-4-12-24-17-15(6-5-7-16(17)23-2)13-21-10-8-14(9-11-21)18(22)20-19/h5-7,14H,3-4,8-13,19H2,1-2H3,(H,20,22). The summed E-state index contributed by atoms with van der Waals surface area (Å²) in [4.78, 5) is 14.0. The van der Waals surface area contributed by atoms with E-state index in [2.05, 4.69) is 23.3 Å². The highest BCUT2D eigenvalue weighted by atomic mass is 16.5. The number of carbonyl (C=O) groups excluding carboxylic acids is 1. The smallest absolute Gasteiger partial charge is 0.237 e. The second-order valence-electron chi connectivity index (χ2n) is 6.21. The lowest BCUT2D eigenvalue weighted by Crippen LogP contribution is -2.42. The van der Waals surface area contributed by atoms with Gasteiger partial charge >= 0.3 is 0 Å². The summed E-state index contributed by atoms with van der Waals surface area (Å²) in [6.45, 7) is 5.40. The molecule has 0 spiro atoms. The van der Waals surface area contributed by atoms with Gasteiger partial charge in [0.1, 0.15) is 0 Å². The second kappa shape index (κ2) is 9.49. The molecule has 1 heterocycles. The SMILES string of the molecule is CCCCOc1c(CN2CCC(C(=O)NN)CC2)cccc1OC. The van der Waals surface area contributed by atoms with Crippen molar-refractivity contribution in [2.45, 2.75) is 39.2 Å². The number of ether oxygens (including phenoxy) is 2. The summed E-state index contributed by atoms with van der Waals surface area (Å²) in [5, 5.41) is 0. The number of amides is 1. The topological polar surface area (TPSA) is 76.8 Å². The number of unbranched alkanes of at least 4 members (excludes halogenated alkanes) is 1. The van der Waals surface area contributed by atoms with E-state index in [0.717, 1.165) is 62.4 Å². The van der Waals surface area contributed by atoms with Gasteiger partial charge in [-0.3, -0.25) is 15.1 Å². The van der Waals surface area contributed by atoms with Crippen molar-refractivity contribution in [3.05, 3.63) is 23.8 Å². The number of rotatable bonds is 8. The van der Waals surface area contributed by atoms with Crippen LogP contribution in [0, 0.1) is 5.92 Å². The molecule has 2 rings (SSSR count). The monoisotopic (exact) mass is 335 g/mol. The third-order valence-corrected chi connectivity index (χ3v) is 4.52. The molecule has 0 unspecified atom stereocenters. The molecule has 6 nitrogen and oxygen atoms in total. The molecule has 0 bridgehead atoms. The first-order chi connectivity index (χ1) is 11.7. The molecule has 1 fully saturated rings. The van der Waals surface area contributed by atoms with E-state index in [-0.39, 0.29) is 11.8 Å². The zero-order valence-corrected chi connectivity index (χ0v) is 14.7. The van der Waals surface area contributed by atoms with Crippen LogP contribution in [0.15, 0.2) is 18.2 Å². The molecule has 1 aromatic rings. The minimum Gasteiger partial charge on any atom is -0.493 e. The summed E-state index contributed by atoms with van der Waals surface area (Å²) >= 11 is 0. The Morgan fingerprint density at radius 1 is 1.38 bits per heavy atom. The van der Waals surface area contributed by atoms with Crippen LogP contribution in [-0.2, 0) is 11.3 Å². The number of para-hydroxylation sites is 1. The van der Waals surface area contributed by atoms with Crippen molar-refractivity contribution in [1.82, 2.24) is 10.3 Å². The molecule has 0 saturated carbocycles. The number of nitrogens with one attached hydrogen (secondary N) is 1. The van der Waals surface area contributed by atoms with Crippen LogP contribution in [0.3, 0.4) is 0 Å². The molecule has 1 saturated heterocycles. The number of methoxy groups -OCH3 is 1. The van der Waals surface area contributed by atoms with Crippen molar-refractivity contribution in [2.75, 3.05) is 26.8 Å². The maximum Gasteiger partial charge on any atom is 0.237 e. The Labute approximate surface area is 144 Å². The first kappa shape index (κ1) is 18.5. The molecule has 0 aromatic heterocycles. The van der Waals surface area contributed by atoms with E-state index in [4.69, 9.17) is 15.3 Å². The Bertz CT molecular complexity index is 528. The summed E-state index contributed by atoms with van der Waals surface area (Å²) in [5.41, 5.74) is 3.39. The van der Waals surface area contributed by atoms with E-state index in [1.807, 2.05) is 12.1 Å². The third-order valence-electron chi connectivity index (χ3n) is 4.52. The Morgan fingerprint density at radius 2 is 2.12 bits per heavy atom. The Balaban J connectivity index is 2.00. The summed E-state index contributed by atoms with van der Waals surface area (Å²) < 4.78 is 11.4. The molecule has 134 valence electrons. The van der Waals surface area contributed by atoms with Crippen LogP contribution in [0.25, 0.3) is 0 Å². The van der Waals surface area contributed by atoms with Crippen LogP contribution >= 0.6 is 0 Å². The average Bonchev–Trinajstić information content (AvgIpc) is 2.63. The summed E-state index contributed by atoms with van der Waals surface area (Å²) in [6, 6.07) is 6.01. The third kappa shape index (κ3) is 4.85. The number of hydrogen-bond acceptors (Lipinski definition) is 5. The number of likely N-dealkylation sites (tertiary alicyclic amines) is 1. The van der Waals surface area contributed by atoms with Crippen molar-refractivity contribution in [3.63, 3.8) is 0 Å². The maximum atomic E-state index is 11.6. The minimum absolute atomic E-state index is 0.0248. The predicted molar refractivity (Wildman–Crippen MR) is 93.7 cm³/mol. The number of nitrogens with zero attached hydrogens (tertiary/aromatic N) is 1. The zero-order valence-electron chi connectivity index (χ0n) is 14.7. The van der Waals surface area contributed by atoms with Gasteiger partial charge in [-0.15, -0.1) is 0 Å². The van der Waals surface area contributed by atoms with Gasteiger partial charge in [-0.2, -0.15) is 0 Å². The first-order valence-corrected chi connectivity index (χ1v) is 8.71. The lowest BCUT2D eigenvalue weighted by Gasteiger charge is -2.31. The first-order valence-electron chi connectivity index (χ1n) is 8.71. The van der Waals surface area contributed by atoms with Crippen molar-refractivity contribution < 1.29 is 14.3 Å². The van der Waals surface area contributed by atoms with Gasteiger partial charge in [0.05, 0.1) is 13.7 Å². The number of carbonyl (C=O) groups is 1. The molecular formula is C18H29N3O3. The molecule has 3 N–H and O–H groups in total. The summed E-state index contributed by atoms with van der Waals surface area (Å²) in [5.74, 6) is 6.82. The van der Waals surface area contributed by atoms with Crippen LogP contribution < -0.4 is 20.7 Å². The quantitative estimate of drug-likeness (QED) is 0.329. The lowest BCUT2D eigenvalue weighted by atomic mass is 9.96. The molecule has 0 radical (unpaired) electrons. The highest BCUT2D eigenvalue weighted by Crippen LogP contribution is 2.33. The van der Waals surface area contributed by atoms with E-state index in [0.29, 0.717) is 6.61 Å². The van der Waals surface area contributed by atoms with Crippen molar-refractivity contribution in [1.29, 1.82) is 0 Å². The minimum atomic E-state index is -0.0559. The van der Waals surface area contributed by atoms with E-state index in [1.165, 1.54) is 0 Å². The number of benzene rings is 1. The van der Waals surface area contributed by atoms with E-state index in [9.17, 15) is 4.79 Å². The molecule has 1 aromatic carbocycles. The highest BCUT2D eigenvalue weighted by Gasteiger charge is 2.25. The van der Waals surface area contributed by atoms with Gasteiger partial charge in [0.25, 0.3) is 0 Å². The maximum absolute atomic E-state index is 11.6. The van der Waals surface area contributed by atoms with Gasteiger partial charge in [0.15, 0.2) is 11.5 Å². The molecule has 1 aliphatic heterocycles. The number of nitrogens with two attached hydrogens (primary N) is 1. The number of piperidine rings is 1. The van der Waals surface area contributed by atoms with Crippen LogP contribution in [0.5, 0.6) is 11.5 Å². The fourth-order valence-electron chi connectivity index (χ4n) is 3.04. The van der Waals surface area contributed by atoms with Gasteiger partial charge in [0, 0.05) is 18.0 Å². The van der Waals surface area contributed by atoms with Crippen molar-refractivity contribution in [2.24, 2.45) is 11.8 Å². The van der Waals surface area contributed by atoms with Crippen LogP contribution in [0.2, 0.25) is 0 Å². The Kier molecular flexibility index (Phi) is 7.34. The molecule has 1 aliphatic rings. The summed E-state index contributed by atoms with van der Waals surface area (Å²) in [6.07, 6.45) is 3.79. The summed E-state index contributed by atoms with van der Waals surface area (Å²) in [7, 11) is 1.67. The highest BCUT2D eigenvalue weighted by molar-refractivity contribution is 5.78. The van der Waals surface area contributed by atoms with Crippen LogP contribution in [-0.4, -0.2) is 37.6 Å². The van der Waals surface area contributed by atoms with Crippen molar-refractivity contribution >= 4 is 5.91 Å². The molecular weight excluding hydrogens is 306 g/mol. The van der Waals surface area contributed by atoms with Crippen LogP contribution in [0.1, 0.15) is 38.2 Å². The normalized spacial score (nSPS) is 16.0. The lowest BCUT2D eigenvalue weighted by molar-refractivity contribution is -0.126. The number of hydrazine groups is 1. The van der Waals surface area contributed by atoms with Gasteiger partial charge in [-0.05, 0) is 38.4 Å². The molecule has 0 atom stereocenters. The van der Waals surface area contributed by atoms with Gasteiger partial charge in [-0.1, -0.05) is 25.5 Å². The van der Waals surface area contributed by atoms with Crippen molar-refractivity contribution in [3.8, 4) is 11.5 Å². The second-order valence-corrected chi connectivity index (χ2v) is 6.21. The largest absolute Gasteiger partial charge is 0.493 e. The number of hydrogen-bond donors (Lipinski definition) is 2. The average molecular weight is 335 g/mol. The predicted octanol–water partition coefficient (Wildman–Crippen LogP) is 2.08. The fraction of sp³-hybridized carbons (Fsp3) is 0.611. The van der Waals surface area contributed by atoms with E-state index >= 15 is 0 Å². The van der Waals surface area contributed by atoms with E-state index < -0.39 is 0 Å².